The zero-order valence-electron chi connectivity index (χ0n) is 12.6. The smallest absolute Gasteiger partial charge is 0.243 e. The molecule has 1 aromatic carbocycles. The van der Waals surface area contributed by atoms with Crippen molar-refractivity contribution < 1.29 is 17.6 Å². The maximum absolute atomic E-state index is 13.4. The van der Waals surface area contributed by atoms with Crippen LogP contribution in [0.4, 0.5) is 4.39 Å². The molecule has 1 aliphatic rings. The Bertz CT molecular complexity index is 678. The van der Waals surface area contributed by atoms with Gasteiger partial charge in [0, 0.05) is 39.6 Å². The molecule has 0 aliphatic carbocycles. The highest BCUT2D eigenvalue weighted by Gasteiger charge is 2.36. The van der Waals surface area contributed by atoms with E-state index < -0.39 is 15.8 Å². The third-order valence-corrected chi connectivity index (χ3v) is 5.98. The Morgan fingerprint density at radius 2 is 2.18 bits per heavy atom. The Morgan fingerprint density at radius 3 is 2.77 bits per heavy atom. The Kier molecular flexibility index (Phi) is 4.84. The topological polar surface area (TPSA) is 83.7 Å². The number of sulfonamides is 1. The van der Waals surface area contributed by atoms with Crippen LogP contribution in [0.1, 0.15) is 18.9 Å². The van der Waals surface area contributed by atoms with Crippen LogP contribution in [0, 0.1) is 5.82 Å². The lowest BCUT2D eigenvalue weighted by molar-refractivity contribution is -0.129. The summed E-state index contributed by atoms with van der Waals surface area (Å²) in [5.41, 5.74) is 5.93. The number of carbonyl (C=O) groups excluding carboxylic acids is 1. The molecule has 2 N–H and O–H groups in total. The highest BCUT2D eigenvalue weighted by molar-refractivity contribution is 7.89. The lowest BCUT2D eigenvalue weighted by Gasteiger charge is -2.23. The normalized spacial score (nSPS) is 19.4. The fourth-order valence-electron chi connectivity index (χ4n) is 2.58. The first-order valence-corrected chi connectivity index (χ1v) is 8.43. The van der Waals surface area contributed by atoms with Gasteiger partial charge in [0.05, 0.1) is 4.90 Å². The van der Waals surface area contributed by atoms with Gasteiger partial charge in [0.1, 0.15) is 5.82 Å². The second-order valence-corrected chi connectivity index (χ2v) is 7.30. The van der Waals surface area contributed by atoms with Gasteiger partial charge < -0.3 is 10.6 Å². The van der Waals surface area contributed by atoms with Crippen molar-refractivity contribution in [3.05, 3.63) is 29.6 Å². The van der Waals surface area contributed by atoms with Gasteiger partial charge in [-0.05, 0) is 24.1 Å². The first-order valence-electron chi connectivity index (χ1n) is 6.99. The molecule has 1 unspecified atom stereocenters. The fourth-order valence-corrected chi connectivity index (χ4v) is 4.31. The molecule has 22 heavy (non-hydrogen) atoms. The molecule has 0 saturated carbocycles. The molecule has 0 aromatic heterocycles. The van der Waals surface area contributed by atoms with Gasteiger partial charge in [-0.2, -0.15) is 4.31 Å². The summed E-state index contributed by atoms with van der Waals surface area (Å²) < 4.78 is 40.1. The number of nitrogens with zero attached hydrogens (tertiary/aromatic N) is 2. The van der Waals surface area contributed by atoms with E-state index >= 15 is 0 Å². The van der Waals surface area contributed by atoms with Gasteiger partial charge >= 0.3 is 0 Å². The van der Waals surface area contributed by atoms with E-state index in [-0.39, 0.29) is 29.9 Å². The number of amides is 1. The molecule has 1 fully saturated rings. The van der Waals surface area contributed by atoms with Crippen LogP contribution in [-0.4, -0.2) is 49.7 Å². The average molecular weight is 329 g/mol. The van der Waals surface area contributed by atoms with Gasteiger partial charge in [-0.3, -0.25) is 4.79 Å². The van der Waals surface area contributed by atoms with Crippen molar-refractivity contribution in [3.8, 4) is 0 Å². The van der Waals surface area contributed by atoms with Crippen molar-refractivity contribution >= 4 is 15.9 Å². The SMILES string of the molecule is CC(=O)N(C)C1CCN(S(=O)(=O)c2cc(F)ccc2CN)C1. The van der Waals surface area contributed by atoms with Crippen molar-refractivity contribution in [1.82, 2.24) is 9.21 Å². The Balaban J connectivity index is 2.29. The monoisotopic (exact) mass is 329 g/mol. The molecule has 1 amide bonds. The van der Waals surface area contributed by atoms with E-state index in [1.54, 1.807) is 7.05 Å². The summed E-state index contributed by atoms with van der Waals surface area (Å²) in [7, 11) is -2.17. The van der Waals surface area contributed by atoms with E-state index in [2.05, 4.69) is 0 Å². The molecule has 0 radical (unpaired) electrons. The maximum atomic E-state index is 13.4. The van der Waals surface area contributed by atoms with Gasteiger partial charge in [0.25, 0.3) is 0 Å². The summed E-state index contributed by atoms with van der Waals surface area (Å²) in [5.74, 6) is -0.731. The molecule has 2 rings (SSSR count). The number of hydrogen-bond donors (Lipinski definition) is 1. The van der Waals surface area contributed by atoms with Gasteiger partial charge in [-0.25, -0.2) is 12.8 Å². The highest BCUT2D eigenvalue weighted by Crippen LogP contribution is 2.26. The van der Waals surface area contributed by atoms with Crippen LogP contribution in [0.3, 0.4) is 0 Å². The Morgan fingerprint density at radius 1 is 1.50 bits per heavy atom. The van der Waals surface area contributed by atoms with E-state index in [4.69, 9.17) is 5.73 Å². The number of benzene rings is 1. The standard InChI is InChI=1S/C14H20FN3O3S/c1-10(19)17(2)13-5-6-18(9-13)22(20,21)14-7-12(15)4-3-11(14)8-16/h3-4,7,13H,5-6,8-9,16H2,1-2H3. The van der Waals surface area contributed by atoms with Crippen LogP contribution < -0.4 is 5.73 Å². The second-order valence-electron chi connectivity index (χ2n) is 5.39. The summed E-state index contributed by atoms with van der Waals surface area (Å²) in [4.78, 5) is 12.8. The zero-order chi connectivity index (χ0) is 16.5. The molecule has 1 aromatic rings. The van der Waals surface area contributed by atoms with Crippen LogP contribution in [0.5, 0.6) is 0 Å². The molecule has 122 valence electrons. The van der Waals surface area contributed by atoms with Crippen LogP contribution >= 0.6 is 0 Å². The van der Waals surface area contributed by atoms with E-state index in [1.807, 2.05) is 0 Å². The summed E-state index contributed by atoms with van der Waals surface area (Å²) >= 11 is 0. The van der Waals surface area contributed by atoms with E-state index in [0.29, 0.717) is 18.5 Å². The summed E-state index contributed by atoms with van der Waals surface area (Å²) in [6.07, 6.45) is 0.558. The zero-order valence-corrected chi connectivity index (χ0v) is 13.4. The van der Waals surface area contributed by atoms with E-state index in [9.17, 15) is 17.6 Å². The molecule has 0 bridgehead atoms. The Hall–Kier alpha value is -1.51. The average Bonchev–Trinajstić information content (AvgIpc) is 2.96. The van der Waals surface area contributed by atoms with Gasteiger partial charge in [-0.15, -0.1) is 0 Å². The number of carbonyl (C=O) groups is 1. The number of nitrogens with two attached hydrogens (primary N) is 1. The van der Waals surface area contributed by atoms with Crippen molar-refractivity contribution in [3.63, 3.8) is 0 Å². The van der Waals surface area contributed by atoms with Crippen LogP contribution in [0.2, 0.25) is 0 Å². The molecule has 1 saturated heterocycles. The minimum atomic E-state index is -3.82. The number of halogens is 1. The van der Waals surface area contributed by atoms with Crippen LogP contribution in [-0.2, 0) is 21.4 Å². The summed E-state index contributed by atoms with van der Waals surface area (Å²) in [6.45, 7) is 1.96. The molecular weight excluding hydrogens is 309 g/mol. The van der Waals surface area contributed by atoms with Gasteiger partial charge in [0.15, 0.2) is 0 Å². The van der Waals surface area contributed by atoms with Gasteiger partial charge in [-0.1, -0.05) is 6.07 Å². The molecule has 1 aliphatic heterocycles. The van der Waals surface area contributed by atoms with Gasteiger partial charge in [0.2, 0.25) is 15.9 Å². The minimum absolute atomic E-state index is 0.0134. The number of rotatable bonds is 4. The highest BCUT2D eigenvalue weighted by atomic mass is 32.2. The predicted octanol–water partition coefficient (Wildman–Crippen LogP) is 0.526. The molecular formula is C14H20FN3O3S. The minimum Gasteiger partial charge on any atom is -0.342 e. The third kappa shape index (κ3) is 3.13. The fraction of sp³-hybridized carbons (Fsp3) is 0.500. The van der Waals surface area contributed by atoms with Crippen LogP contribution in [0.15, 0.2) is 23.1 Å². The lowest BCUT2D eigenvalue weighted by Crippen LogP contribution is -2.39. The molecule has 8 heteroatoms. The summed E-state index contributed by atoms with van der Waals surface area (Å²) in [5, 5.41) is 0. The van der Waals surface area contributed by atoms with Crippen molar-refractivity contribution in [2.45, 2.75) is 30.8 Å². The molecule has 0 spiro atoms. The second kappa shape index (κ2) is 6.31. The van der Waals surface area contributed by atoms with Crippen molar-refractivity contribution in [1.29, 1.82) is 0 Å². The number of hydrogen-bond acceptors (Lipinski definition) is 4. The predicted molar refractivity (Wildman–Crippen MR) is 79.9 cm³/mol. The molecule has 6 nitrogen and oxygen atoms in total. The van der Waals surface area contributed by atoms with Crippen molar-refractivity contribution in [2.75, 3.05) is 20.1 Å². The molecule has 1 heterocycles. The van der Waals surface area contributed by atoms with Crippen molar-refractivity contribution in [2.24, 2.45) is 5.73 Å². The lowest BCUT2D eigenvalue weighted by atomic mass is 10.2. The first-order chi connectivity index (χ1) is 10.3. The largest absolute Gasteiger partial charge is 0.342 e. The first kappa shape index (κ1) is 16.9. The quantitative estimate of drug-likeness (QED) is 0.873. The molecule has 1 atom stereocenters. The Labute approximate surface area is 129 Å². The van der Waals surface area contributed by atoms with E-state index in [0.717, 1.165) is 6.07 Å². The van der Waals surface area contributed by atoms with E-state index in [1.165, 1.54) is 28.3 Å². The number of likely N-dealkylation sites (N-methyl/N-ethyl adjacent to an activating group) is 1. The summed E-state index contributed by atoms with van der Waals surface area (Å²) in [6, 6.07) is 3.41. The third-order valence-electron chi connectivity index (χ3n) is 4.04. The maximum Gasteiger partial charge on any atom is 0.243 e. The van der Waals surface area contributed by atoms with Crippen LogP contribution in [0.25, 0.3) is 0 Å².